The minimum Gasteiger partial charge on any atom is -0.311 e. The van der Waals surface area contributed by atoms with Crippen LogP contribution < -0.4 is 10.5 Å². The maximum Gasteiger partial charge on any atom is 0.263 e. The molecule has 1 aliphatic carbocycles. The molecule has 0 fully saturated rings. The number of amides is 1. The standard InChI is InChI=1S/C23H23N3O2S2/c1-2-12-26-22(28)20-16-9-5-11-18(16)30-21(20)24-23(26)29-14-19(27)25-13-6-8-15-7-3-4-10-17(15)25/h2-4,7,10H,1,5-6,8-9,11-14H2. The van der Waals surface area contributed by atoms with Gasteiger partial charge in [-0.1, -0.05) is 36.0 Å². The number of rotatable bonds is 5. The summed E-state index contributed by atoms with van der Waals surface area (Å²) in [6.07, 6.45) is 6.80. The van der Waals surface area contributed by atoms with Crippen molar-refractivity contribution in [3.05, 3.63) is 63.3 Å². The first-order valence-corrected chi connectivity index (χ1v) is 12.1. The Bertz CT molecular complexity index is 1210. The van der Waals surface area contributed by atoms with Crippen molar-refractivity contribution in [2.24, 2.45) is 0 Å². The van der Waals surface area contributed by atoms with Crippen molar-refractivity contribution in [1.29, 1.82) is 0 Å². The number of hydrogen-bond donors (Lipinski definition) is 0. The fourth-order valence-electron chi connectivity index (χ4n) is 4.46. The summed E-state index contributed by atoms with van der Waals surface area (Å²) in [5.74, 6) is 0.314. The molecule has 154 valence electrons. The molecule has 1 aromatic carbocycles. The van der Waals surface area contributed by atoms with E-state index in [2.05, 4.69) is 12.6 Å². The van der Waals surface area contributed by atoms with Crippen molar-refractivity contribution < 1.29 is 4.79 Å². The number of para-hydroxylation sites is 1. The third kappa shape index (κ3) is 3.30. The van der Waals surface area contributed by atoms with E-state index >= 15 is 0 Å². The number of benzene rings is 1. The van der Waals surface area contributed by atoms with E-state index in [9.17, 15) is 9.59 Å². The summed E-state index contributed by atoms with van der Waals surface area (Å²) < 4.78 is 1.67. The Morgan fingerprint density at radius 3 is 2.97 bits per heavy atom. The number of nitrogens with zero attached hydrogens (tertiary/aromatic N) is 3. The molecule has 3 heterocycles. The molecule has 1 aliphatic heterocycles. The molecule has 7 heteroatoms. The molecule has 0 atom stereocenters. The smallest absolute Gasteiger partial charge is 0.263 e. The maximum absolute atomic E-state index is 13.2. The van der Waals surface area contributed by atoms with Crippen molar-refractivity contribution in [3.8, 4) is 0 Å². The normalized spacial score (nSPS) is 15.3. The average molecular weight is 438 g/mol. The zero-order chi connectivity index (χ0) is 20.7. The van der Waals surface area contributed by atoms with E-state index in [1.807, 2.05) is 23.1 Å². The van der Waals surface area contributed by atoms with Crippen LogP contribution in [0.3, 0.4) is 0 Å². The van der Waals surface area contributed by atoms with Crippen LogP contribution in [0.15, 0.2) is 46.9 Å². The van der Waals surface area contributed by atoms with Crippen LogP contribution in [-0.4, -0.2) is 27.8 Å². The van der Waals surface area contributed by atoms with Gasteiger partial charge in [-0.15, -0.1) is 17.9 Å². The van der Waals surface area contributed by atoms with E-state index in [0.717, 1.165) is 54.6 Å². The van der Waals surface area contributed by atoms with Crippen molar-refractivity contribution in [1.82, 2.24) is 9.55 Å². The van der Waals surface area contributed by atoms with Crippen LogP contribution in [0.2, 0.25) is 0 Å². The summed E-state index contributed by atoms with van der Waals surface area (Å²) in [5, 5.41) is 1.38. The highest BCUT2D eigenvalue weighted by atomic mass is 32.2. The summed E-state index contributed by atoms with van der Waals surface area (Å²) in [4.78, 5) is 35.1. The molecule has 3 aromatic rings. The van der Waals surface area contributed by atoms with Crippen LogP contribution in [0.1, 0.15) is 28.8 Å². The molecule has 2 aliphatic rings. The van der Waals surface area contributed by atoms with E-state index in [4.69, 9.17) is 4.98 Å². The van der Waals surface area contributed by atoms with Crippen molar-refractivity contribution in [3.63, 3.8) is 0 Å². The SMILES string of the molecule is C=CCn1c(SCC(=O)N2CCCc3ccccc32)nc2sc3c(c2c1=O)CCC3. The Labute approximate surface area is 183 Å². The van der Waals surface area contributed by atoms with Gasteiger partial charge in [0.25, 0.3) is 5.56 Å². The van der Waals surface area contributed by atoms with Gasteiger partial charge >= 0.3 is 0 Å². The van der Waals surface area contributed by atoms with Gasteiger partial charge in [0.05, 0.1) is 11.1 Å². The second-order valence-electron chi connectivity index (χ2n) is 7.70. The Kier molecular flexibility index (Phi) is 5.25. The molecular formula is C23H23N3O2S2. The van der Waals surface area contributed by atoms with E-state index in [1.165, 1.54) is 27.8 Å². The van der Waals surface area contributed by atoms with Gasteiger partial charge in [-0.25, -0.2) is 4.98 Å². The van der Waals surface area contributed by atoms with Gasteiger partial charge in [-0.3, -0.25) is 14.2 Å². The number of thiophene rings is 1. The number of allylic oxidation sites excluding steroid dienone is 1. The molecule has 0 saturated carbocycles. The number of aryl methyl sites for hydroxylation is 3. The molecule has 0 radical (unpaired) electrons. The molecular weight excluding hydrogens is 414 g/mol. The fraction of sp³-hybridized carbons (Fsp3) is 0.348. The zero-order valence-electron chi connectivity index (χ0n) is 16.7. The quantitative estimate of drug-likeness (QED) is 0.341. The van der Waals surface area contributed by atoms with Gasteiger partial charge in [0, 0.05) is 23.7 Å². The highest BCUT2D eigenvalue weighted by Gasteiger charge is 2.25. The van der Waals surface area contributed by atoms with Gasteiger partial charge in [0.15, 0.2) is 5.16 Å². The van der Waals surface area contributed by atoms with Gasteiger partial charge in [-0.05, 0) is 49.3 Å². The lowest BCUT2D eigenvalue weighted by atomic mass is 10.0. The number of carbonyl (C=O) groups is 1. The number of hydrogen-bond acceptors (Lipinski definition) is 5. The lowest BCUT2D eigenvalue weighted by Gasteiger charge is -2.29. The minimum atomic E-state index is -0.00225. The van der Waals surface area contributed by atoms with Gasteiger partial charge in [0.2, 0.25) is 5.91 Å². The number of aromatic nitrogens is 2. The highest BCUT2D eigenvalue weighted by molar-refractivity contribution is 7.99. The third-order valence-electron chi connectivity index (χ3n) is 5.84. The largest absolute Gasteiger partial charge is 0.311 e. The Balaban J connectivity index is 1.44. The van der Waals surface area contributed by atoms with Crippen molar-refractivity contribution in [2.45, 2.75) is 43.8 Å². The summed E-state index contributed by atoms with van der Waals surface area (Å²) in [5.41, 5.74) is 3.41. The molecule has 5 nitrogen and oxygen atoms in total. The zero-order valence-corrected chi connectivity index (χ0v) is 18.4. The molecule has 0 bridgehead atoms. The number of fused-ring (bicyclic) bond motifs is 4. The summed E-state index contributed by atoms with van der Waals surface area (Å²) in [6.45, 7) is 4.94. The van der Waals surface area contributed by atoms with E-state index in [0.29, 0.717) is 11.7 Å². The van der Waals surface area contributed by atoms with Crippen LogP contribution in [0.5, 0.6) is 0 Å². The molecule has 0 N–H and O–H groups in total. The van der Waals surface area contributed by atoms with Crippen LogP contribution in [0.4, 0.5) is 5.69 Å². The summed E-state index contributed by atoms with van der Waals surface area (Å²) in [6, 6.07) is 8.11. The number of thioether (sulfide) groups is 1. The number of anilines is 1. The fourth-order valence-corrected chi connectivity index (χ4v) is 6.64. The average Bonchev–Trinajstić information content (AvgIpc) is 3.35. The Morgan fingerprint density at radius 1 is 1.23 bits per heavy atom. The number of carbonyl (C=O) groups excluding carboxylic acids is 1. The topological polar surface area (TPSA) is 55.2 Å². The minimum absolute atomic E-state index is 0.00225. The van der Waals surface area contributed by atoms with E-state index in [1.54, 1.807) is 22.0 Å². The maximum atomic E-state index is 13.2. The van der Waals surface area contributed by atoms with Crippen molar-refractivity contribution in [2.75, 3.05) is 17.2 Å². The lowest BCUT2D eigenvalue weighted by Crippen LogP contribution is -2.36. The summed E-state index contributed by atoms with van der Waals surface area (Å²) >= 11 is 2.99. The van der Waals surface area contributed by atoms with Gasteiger partial charge in [0.1, 0.15) is 4.83 Å². The lowest BCUT2D eigenvalue weighted by molar-refractivity contribution is -0.116. The second-order valence-corrected chi connectivity index (χ2v) is 9.73. The monoisotopic (exact) mass is 437 g/mol. The van der Waals surface area contributed by atoms with Crippen LogP contribution in [0, 0.1) is 0 Å². The van der Waals surface area contributed by atoms with Crippen LogP contribution >= 0.6 is 23.1 Å². The molecule has 30 heavy (non-hydrogen) atoms. The molecule has 5 rings (SSSR count). The first-order chi connectivity index (χ1) is 14.7. The van der Waals surface area contributed by atoms with E-state index < -0.39 is 0 Å². The van der Waals surface area contributed by atoms with Crippen molar-refractivity contribution >= 4 is 44.9 Å². The molecule has 0 spiro atoms. The molecule has 0 saturated heterocycles. The summed E-state index contributed by atoms with van der Waals surface area (Å²) in [7, 11) is 0. The predicted molar refractivity (Wildman–Crippen MR) is 124 cm³/mol. The molecule has 1 amide bonds. The molecule has 2 aromatic heterocycles. The van der Waals surface area contributed by atoms with E-state index in [-0.39, 0.29) is 17.2 Å². The Hall–Kier alpha value is -2.38. The highest BCUT2D eigenvalue weighted by Crippen LogP contribution is 2.36. The first kappa shape index (κ1) is 19.6. The third-order valence-corrected chi connectivity index (χ3v) is 7.98. The molecule has 0 unspecified atom stereocenters. The van der Waals surface area contributed by atoms with Crippen LogP contribution in [0.25, 0.3) is 10.2 Å². The van der Waals surface area contributed by atoms with Crippen LogP contribution in [-0.2, 0) is 30.6 Å². The van der Waals surface area contributed by atoms with Gasteiger partial charge in [-0.2, -0.15) is 0 Å². The predicted octanol–water partition coefficient (Wildman–Crippen LogP) is 4.20. The van der Waals surface area contributed by atoms with Gasteiger partial charge < -0.3 is 4.90 Å². The Morgan fingerprint density at radius 2 is 2.10 bits per heavy atom. The first-order valence-electron chi connectivity index (χ1n) is 10.3. The second kappa shape index (κ2) is 8.04.